The molecule has 0 N–H and O–H groups in total. The summed E-state index contributed by atoms with van der Waals surface area (Å²) in [5.41, 5.74) is 2.37. The number of rotatable bonds is 6. The van der Waals surface area contributed by atoms with Gasteiger partial charge in [0.1, 0.15) is 6.61 Å². The highest BCUT2D eigenvalue weighted by Gasteiger charge is 2.32. The second-order valence-electron chi connectivity index (χ2n) is 7.82. The summed E-state index contributed by atoms with van der Waals surface area (Å²) in [6.45, 7) is 4.81. The van der Waals surface area contributed by atoms with Crippen molar-refractivity contribution in [3.63, 3.8) is 0 Å². The van der Waals surface area contributed by atoms with Gasteiger partial charge in [0.15, 0.2) is 0 Å². The molecule has 2 aromatic rings. The van der Waals surface area contributed by atoms with Gasteiger partial charge in [-0.15, -0.1) is 0 Å². The number of benzene rings is 2. The quantitative estimate of drug-likeness (QED) is 0.655. The summed E-state index contributed by atoms with van der Waals surface area (Å²) in [6.07, 6.45) is 0.862. The molecule has 1 aliphatic rings. The summed E-state index contributed by atoms with van der Waals surface area (Å²) < 4.78 is 32.6. The first-order valence-corrected chi connectivity index (χ1v) is 11.5. The summed E-state index contributed by atoms with van der Waals surface area (Å²) >= 11 is 0. The van der Waals surface area contributed by atoms with Crippen LogP contribution in [0.25, 0.3) is 0 Å². The van der Waals surface area contributed by atoms with Crippen LogP contribution < -0.4 is 0 Å². The Bertz CT molecular complexity index is 1030. The van der Waals surface area contributed by atoms with Crippen LogP contribution in [-0.2, 0) is 26.2 Å². The molecule has 1 saturated heterocycles. The fourth-order valence-corrected chi connectivity index (χ4v) is 4.98. The molecule has 0 bridgehead atoms. The largest absolute Gasteiger partial charge is 0.461 e. The van der Waals surface area contributed by atoms with E-state index < -0.39 is 10.0 Å². The summed E-state index contributed by atoms with van der Waals surface area (Å²) in [6, 6.07) is 16.0. The third-order valence-electron chi connectivity index (χ3n) is 5.41. The monoisotopic (exact) mass is 426 g/mol. The van der Waals surface area contributed by atoms with E-state index in [2.05, 4.69) is 19.9 Å². The number of nitriles is 1. The van der Waals surface area contributed by atoms with E-state index in [1.807, 2.05) is 12.1 Å². The maximum Gasteiger partial charge on any atom is 0.309 e. The number of carbonyl (C=O) groups is 1. The number of carbonyl (C=O) groups excluding carboxylic acids is 1. The van der Waals surface area contributed by atoms with Gasteiger partial charge in [-0.1, -0.05) is 38.1 Å². The first-order valence-electron chi connectivity index (χ1n) is 10.1. The van der Waals surface area contributed by atoms with Crippen LogP contribution in [0, 0.1) is 17.2 Å². The lowest BCUT2D eigenvalue weighted by atomic mass is 9.98. The number of hydrogen-bond donors (Lipinski definition) is 0. The molecule has 0 aliphatic carbocycles. The standard InChI is InChI=1S/C23H26N2O4S/c1-17(2)20-6-8-22(9-7-20)30(27,28)25-12-10-21(11-13-25)23(26)29-16-19-5-3-4-18(14-19)15-24/h3-9,14,17,21H,10-13,16H2,1-2H3. The molecule has 0 spiro atoms. The Balaban J connectivity index is 1.55. The lowest BCUT2D eigenvalue weighted by Gasteiger charge is -2.30. The highest BCUT2D eigenvalue weighted by atomic mass is 32.2. The van der Waals surface area contributed by atoms with Crippen molar-refractivity contribution in [2.45, 2.75) is 44.1 Å². The molecule has 0 radical (unpaired) electrons. The zero-order chi connectivity index (χ0) is 21.7. The average Bonchev–Trinajstić information content (AvgIpc) is 2.77. The fourth-order valence-electron chi connectivity index (χ4n) is 3.51. The van der Waals surface area contributed by atoms with Crippen molar-refractivity contribution < 1.29 is 17.9 Å². The van der Waals surface area contributed by atoms with Crippen molar-refractivity contribution in [2.75, 3.05) is 13.1 Å². The Morgan fingerprint density at radius 1 is 1.17 bits per heavy atom. The number of sulfonamides is 1. The second-order valence-corrected chi connectivity index (χ2v) is 9.76. The van der Waals surface area contributed by atoms with Crippen molar-refractivity contribution in [1.82, 2.24) is 4.31 Å². The van der Waals surface area contributed by atoms with Crippen molar-refractivity contribution >= 4 is 16.0 Å². The van der Waals surface area contributed by atoms with E-state index in [1.165, 1.54) is 4.31 Å². The van der Waals surface area contributed by atoms with E-state index >= 15 is 0 Å². The Hall–Kier alpha value is -2.69. The molecule has 30 heavy (non-hydrogen) atoms. The predicted octanol–water partition coefficient (Wildman–Crippen LogP) is 3.83. The average molecular weight is 427 g/mol. The molecule has 2 aromatic carbocycles. The molecule has 158 valence electrons. The molecule has 0 aromatic heterocycles. The molecule has 1 heterocycles. The Morgan fingerprint density at radius 2 is 1.83 bits per heavy atom. The number of piperidine rings is 1. The first kappa shape index (κ1) is 22.0. The van der Waals surface area contributed by atoms with Crippen LogP contribution in [0.15, 0.2) is 53.4 Å². The molecule has 0 amide bonds. The number of hydrogen-bond acceptors (Lipinski definition) is 5. The summed E-state index contributed by atoms with van der Waals surface area (Å²) in [5, 5.41) is 8.94. The van der Waals surface area contributed by atoms with Crippen molar-refractivity contribution in [2.24, 2.45) is 5.92 Å². The number of ether oxygens (including phenoxy) is 1. The Labute approximate surface area is 178 Å². The van der Waals surface area contributed by atoms with Crippen LogP contribution >= 0.6 is 0 Å². The Kier molecular flexibility index (Phi) is 6.91. The van der Waals surface area contributed by atoms with E-state index in [1.54, 1.807) is 36.4 Å². The van der Waals surface area contributed by atoms with Crippen molar-refractivity contribution in [3.8, 4) is 6.07 Å². The van der Waals surface area contributed by atoms with E-state index in [-0.39, 0.29) is 36.5 Å². The van der Waals surface area contributed by atoms with Gasteiger partial charge in [-0.25, -0.2) is 8.42 Å². The molecule has 1 aliphatic heterocycles. The molecule has 0 atom stereocenters. The fraction of sp³-hybridized carbons (Fsp3) is 0.391. The lowest BCUT2D eigenvalue weighted by molar-refractivity contribution is -0.151. The predicted molar refractivity (Wildman–Crippen MR) is 113 cm³/mol. The zero-order valence-electron chi connectivity index (χ0n) is 17.2. The Morgan fingerprint density at radius 3 is 2.43 bits per heavy atom. The minimum absolute atomic E-state index is 0.106. The molecular weight excluding hydrogens is 400 g/mol. The highest BCUT2D eigenvalue weighted by molar-refractivity contribution is 7.89. The summed E-state index contributed by atoms with van der Waals surface area (Å²) in [5.74, 6) is -0.305. The van der Waals surface area contributed by atoms with Gasteiger partial charge < -0.3 is 4.74 Å². The molecule has 0 unspecified atom stereocenters. The topological polar surface area (TPSA) is 87.5 Å². The SMILES string of the molecule is CC(C)c1ccc(S(=O)(=O)N2CCC(C(=O)OCc3cccc(C#N)c3)CC2)cc1. The lowest BCUT2D eigenvalue weighted by Crippen LogP contribution is -2.40. The van der Waals surface area contributed by atoms with Gasteiger partial charge in [0.25, 0.3) is 0 Å². The van der Waals surface area contributed by atoms with Crippen LogP contribution in [0.2, 0.25) is 0 Å². The van der Waals surface area contributed by atoms with Crippen LogP contribution in [0.1, 0.15) is 49.3 Å². The minimum Gasteiger partial charge on any atom is -0.461 e. The molecule has 0 saturated carbocycles. The minimum atomic E-state index is -3.57. The summed E-state index contributed by atoms with van der Waals surface area (Å²) in [7, 11) is -3.57. The molecule has 6 nitrogen and oxygen atoms in total. The van der Waals surface area contributed by atoms with Gasteiger partial charge in [-0.2, -0.15) is 9.57 Å². The van der Waals surface area contributed by atoms with E-state index in [0.29, 0.717) is 24.3 Å². The van der Waals surface area contributed by atoms with E-state index in [9.17, 15) is 13.2 Å². The maximum atomic E-state index is 12.9. The van der Waals surface area contributed by atoms with Gasteiger partial charge >= 0.3 is 5.97 Å². The van der Waals surface area contributed by atoms with Gasteiger partial charge in [0, 0.05) is 13.1 Å². The zero-order valence-corrected chi connectivity index (χ0v) is 18.1. The van der Waals surface area contributed by atoms with Crippen molar-refractivity contribution in [3.05, 3.63) is 65.2 Å². The first-order chi connectivity index (χ1) is 14.3. The molecule has 7 heteroatoms. The van der Waals surface area contributed by atoms with Gasteiger partial charge in [-0.3, -0.25) is 4.79 Å². The summed E-state index contributed by atoms with van der Waals surface area (Å²) in [4.78, 5) is 12.7. The van der Waals surface area contributed by atoms with E-state index in [4.69, 9.17) is 10.00 Å². The number of nitrogens with zero attached hydrogens (tertiary/aromatic N) is 2. The highest BCUT2D eigenvalue weighted by Crippen LogP contribution is 2.26. The van der Waals surface area contributed by atoms with Crippen molar-refractivity contribution in [1.29, 1.82) is 5.26 Å². The van der Waals surface area contributed by atoms with Crippen LogP contribution in [0.4, 0.5) is 0 Å². The normalized spacial score (nSPS) is 15.7. The van der Waals surface area contributed by atoms with Gasteiger partial charge in [-0.05, 0) is 54.2 Å². The third-order valence-corrected chi connectivity index (χ3v) is 7.32. The second kappa shape index (κ2) is 9.41. The molecule has 1 fully saturated rings. The van der Waals surface area contributed by atoms with Crippen LogP contribution in [0.3, 0.4) is 0 Å². The van der Waals surface area contributed by atoms with E-state index in [0.717, 1.165) is 11.1 Å². The van der Waals surface area contributed by atoms with Crippen LogP contribution in [0.5, 0.6) is 0 Å². The molecule has 3 rings (SSSR count). The van der Waals surface area contributed by atoms with Gasteiger partial charge in [0.2, 0.25) is 10.0 Å². The molecular formula is C23H26N2O4S. The van der Waals surface area contributed by atoms with Gasteiger partial charge in [0.05, 0.1) is 22.4 Å². The third kappa shape index (κ3) is 5.07. The smallest absolute Gasteiger partial charge is 0.309 e. The number of esters is 1. The maximum absolute atomic E-state index is 12.9. The van der Waals surface area contributed by atoms with Crippen LogP contribution in [-0.4, -0.2) is 31.8 Å².